The van der Waals surface area contributed by atoms with Crippen LogP contribution in [-0.4, -0.2) is 21.0 Å². The zero-order valence-electron chi connectivity index (χ0n) is 20.0. The zero-order valence-corrected chi connectivity index (χ0v) is 20.8. The van der Waals surface area contributed by atoms with Crippen molar-refractivity contribution in [1.82, 2.24) is 0 Å². The average Bonchev–Trinajstić information content (AvgIpc) is 3.59. The molecule has 1 fully saturated rings. The third-order valence-corrected chi connectivity index (χ3v) is 9.61. The van der Waals surface area contributed by atoms with E-state index in [1.807, 2.05) is 37.3 Å². The van der Waals surface area contributed by atoms with Crippen molar-refractivity contribution in [2.24, 2.45) is 5.92 Å². The topological polar surface area (TPSA) is 93.5 Å². The van der Waals surface area contributed by atoms with E-state index in [4.69, 9.17) is 9.47 Å². The highest BCUT2D eigenvalue weighted by atomic mass is 32.2. The van der Waals surface area contributed by atoms with E-state index in [0.29, 0.717) is 45.3 Å². The van der Waals surface area contributed by atoms with Crippen LogP contribution in [0, 0.1) is 24.2 Å². The summed E-state index contributed by atoms with van der Waals surface area (Å²) in [6.45, 7) is 3.96. The maximum Gasteiger partial charge on any atom is 0.309 e. The summed E-state index contributed by atoms with van der Waals surface area (Å²) < 4.78 is 38.7. The first-order valence-electron chi connectivity index (χ1n) is 12.2. The Labute approximate surface area is 210 Å². The lowest BCUT2D eigenvalue weighted by molar-refractivity contribution is -0.144. The van der Waals surface area contributed by atoms with E-state index in [-0.39, 0.29) is 29.8 Å². The Bertz CT molecular complexity index is 1550. The standard InChI is InChI=1S/C29H25NO5S/c1-3-34-29(31)24-13-21(24)18-7-9-19(10-8-18)35-25-14-22-23-12-17(15-30)11-16(2)28(23)36(32,33)26-6-4-5-20(25)27(22)26/h4-12,21-22,24-25H,3,13-14H2,1-2H3/t21-,22?,24+,25-/m1/s1. The van der Waals surface area contributed by atoms with Crippen molar-refractivity contribution in [2.75, 3.05) is 6.61 Å². The van der Waals surface area contributed by atoms with E-state index in [9.17, 15) is 18.5 Å². The Kier molecular flexibility index (Phi) is 5.20. The number of rotatable bonds is 5. The number of sulfone groups is 1. The molecule has 1 saturated carbocycles. The molecule has 1 unspecified atom stereocenters. The average molecular weight is 500 g/mol. The molecule has 0 spiro atoms. The number of hydrogen-bond donors (Lipinski definition) is 0. The van der Waals surface area contributed by atoms with Gasteiger partial charge in [0.25, 0.3) is 0 Å². The summed E-state index contributed by atoms with van der Waals surface area (Å²) in [7, 11) is -3.70. The van der Waals surface area contributed by atoms with Crippen molar-refractivity contribution >= 4 is 15.8 Å². The van der Waals surface area contributed by atoms with Crippen LogP contribution in [0.2, 0.25) is 0 Å². The summed E-state index contributed by atoms with van der Waals surface area (Å²) in [6, 6.07) is 18.7. The van der Waals surface area contributed by atoms with Crippen molar-refractivity contribution in [3.63, 3.8) is 0 Å². The fourth-order valence-corrected chi connectivity index (χ4v) is 7.96. The van der Waals surface area contributed by atoms with Gasteiger partial charge in [-0.2, -0.15) is 5.26 Å². The van der Waals surface area contributed by atoms with E-state index in [1.54, 1.807) is 31.2 Å². The summed E-state index contributed by atoms with van der Waals surface area (Å²) in [4.78, 5) is 12.6. The van der Waals surface area contributed by atoms with Crippen LogP contribution in [0.15, 0.2) is 64.4 Å². The Hall–Kier alpha value is -3.63. The first-order valence-corrected chi connectivity index (χ1v) is 13.7. The third-order valence-electron chi connectivity index (χ3n) is 7.58. The molecule has 1 aliphatic heterocycles. The number of aryl methyl sites for hydroxylation is 1. The van der Waals surface area contributed by atoms with Crippen LogP contribution in [-0.2, 0) is 19.4 Å². The van der Waals surface area contributed by atoms with E-state index >= 15 is 0 Å². The normalized spacial score (nSPS) is 24.2. The van der Waals surface area contributed by atoms with Crippen molar-refractivity contribution < 1.29 is 22.7 Å². The van der Waals surface area contributed by atoms with Gasteiger partial charge in [0.05, 0.1) is 33.9 Å². The number of hydrogen-bond acceptors (Lipinski definition) is 6. The molecule has 182 valence electrons. The van der Waals surface area contributed by atoms with E-state index in [2.05, 4.69) is 6.07 Å². The minimum atomic E-state index is -3.70. The highest BCUT2D eigenvalue weighted by Crippen LogP contribution is 2.54. The number of benzene rings is 3. The molecule has 2 aliphatic carbocycles. The van der Waals surface area contributed by atoms with Crippen LogP contribution in [0.25, 0.3) is 0 Å². The minimum Gasteiger partial charge on any atom is -0.486 e. The van der Waals surface area contributed by atoms with Crippen molar-refractivity contribution in [2.45, 2.75) is 54.4 Å². The fraction of sp³-hybridized carbons (Fsp3) is 0.310. The van der Waals surface area contributed by atoms with Crippen molar-refractivity contribution in [1.29, 1.82) is 5.26 Å². The fourth-order valence-electron chi connectivity index (χ4n) is 5.93. The third kappa shape index (κ3) is 3.43. The summed E-state index contributed by atoms with van der Waals surface area (Å²) in [5, 5.41) is 9.50. The summed E-state index contributed by atoms with van der Waals surface area (Å²) in [5.41, 5.74) is 4.50. The van der Waals surface area contributed by atoms with Gasteiger partial charge in [-0.15, -0.1) is 0 Å². The number of nitrogens with zero attached hydrogens (tertiary/aromatic N) is 1. The van der Waals surface area contributed by atoms with E-state index in [1.165, 1.54) is 0 Å². The lowest BCUT2D eigenvalue weighted by Crippen LogP contribution is -2.19. The molecule has 4 atom stereocenters. The smallest absolute Gasteiger partial charge is 0.309 e. The number of carbonyl (C=O) groups excluding carboxylic acids is 1. The second kappa shape index (κ2) is 8.21. The molecule has 0 N–H and O–H groups in total. The SMILES string of the molecule is CCOC(=O)[C@H]1C[C@@H]1c1ccc(O[C@@H]2CC3c4cc(C#N)cc(C)c4S(=O)(=O)c4cccc2c43)cc1. The molecule has 6 rings (SSSR count). The molecule has 6 nitrogen and oxygen atoms in total. The van der Waals surface area contributed by atoms with Crippen LogP contribution in [0.1, 0.15) is 71.1 Å². The largest absolute Gasteiger partial charge is 0.486 e. The first-order chi connectivity index (χ1) is 17.3. The van der Waals surface area contributed by atoms with E-state index in [0.717, 1.165) is 23.1 Å². The van der Waals surface area contributed by atoms with Gasteiger partial charge < -0.3 is 9.47 Å². The van der Waals surface area contributed by atoms with Crippen molar-refractivity contribution in [3.05, 3.63) is 88.0 Å². The molecule has 3 aliphatic rings. The van der Waals surface area contributed by atoms with Gasteiger partial charge in [-0.05, 0) is 90.8 Å². The molecule has 1 heterocycles. The van der Waals surface area contributed by atoms with Gasteiger partial charge in [0.1, 0.15) is 11.9 Å². The molecule has 3 aromatic rings. The highest BCUT2D eigenvalue weighted by Gasteiger charge is 2.46. The monoisotopic (exact) mass is 499 g/mol. The number of ether oxygens (including phenoxy) is 2. The molecule has 0 radical (unpaired) electrons. The quantitative estimate of drug-likeness (QED) is 0.440. The number of nitriles is 1. The van der Waals surface area contributed by atoms with Crippen LogP contribution < -0.4 is 4.74 Å². The Balaban J connectivity index is 1.31. The summed E-state index contributed by atoms with van der Waals surface area (Å²) in [6.07, 6.45) is 1.09. The summed E-state index contributed by atoms with van der Waals surface area (Å²) >= 11 is 0. The number of fused-ring (bicyclic) bond motifs is 2. The summed E-state index contributed by atoms with van der Waals surface area (Å²) in [5.74, 6) is 0.526. The molecular weight excluding hydrogens is 474 g/mol. The predicted octanol–water partition coefficient (Wildman–Crippen LogP) is 5.34. The second-order valence-corrected chi connectivity index (χ2v) is 11.6. The van der Waals surface area contributed by atoms with Gasteiger partial charge in [-0.25, -0.2) is 8.42 Å². The van der Waals surface area contributed by atoms with Gasteiger partial charge >= 0.3 is 5.97 Å². The Morgan fingerprint density at radius 1 is 1.08 bits per heavy atom. The van der Waals surface area contributed by atoms with Gasteiger partial charge in [-0.1, -0.05) is 24.3 Å². The molecule has 0 aromatic heterocycles. The Morgan fingerprint density at radius 2 is 1.86 bits per heavy atom. The van der Waals surface area contributed by atoms with Crippen LogP contribution >= 0.6 is 0 Å². The molecule has 0 amide bonds. The van der Waals surface area contributed by atoms with Crippen molar-refractivity contribution in [3.8, 4) is 11.8 Å². The van der Waals surface area contributed by atoms with Gasteiger partial charge in [0, 0.05) is 5.92 Å². The highest BCUT2D eigenvalue weighted by molar-refractivity contribution is 7.91. The second-order valence-electron chi connectivity index (χ2n) is 9.75. The molecule has 3 aromatic carbocycles. The number of esters is 1. The molecule has 7 heteroatoms. The zero-order chi connectivity index (χ0) is 25.2. The molecular formula is C29H25NO5S. The van der Waals surface area contributed by atoms with Crippen LogP contribution in [0.3, 0.4) is 0 Å². The van der Waals surface area contributed by atoms with Gasteiger partial charge in [-0.3, -0.25) is 4.79 Å². The Morgan fingerprint density at radius 3 is 2.58 bits per heavy atom. The number of carbonyl (C=O) groups is 1. The first kappa shape index (κ1) is 22.8. The van der Waals surface area contributed by atoms with Gasteiger partial charge in [0.15, 0.2) is 0 Å². The lowest BCUT2D eigenvalue weighted by atomic mass is 9.90. The molecule has 36 heavy (non-hydrogen) atoms. The lowest BCUT2D eigenvalue weighted by Gasteiger charge is -2.26. The molecule has 0 bridgehead atoms. The molecule has 0 saturated heterocycles. The van der Waals surface area contributed by atoms with Crippen LogP contribution in [0.5, 0.6) is 5.75 Å². The maximum atomic E-state index is 13.6. The maximum absolute atomic E-state index is 13.6. The van der Waals surface area contributed by atoms with Gasteiger partial charge in [0.2, 0.25) is 9.84 Å². The minimum absolute atomic E-state index is 0.0667. The predicted molar refractivity (Wildman–Crippen MR) is 132 cm³/mol. The van der Waals surface area contributed by atoms with E-state index < -0.39 is 9.84 Å². The van der Waals surface area contributed by atoms with Crippen LogP contribution in [0.4, 0.5) is 0 Å².